The zero-order valence-corrected chi connectivity index (χ0v) is 13.9. The van der Waals surface area contributed by atoms with Crippen molar-refractivity contribution in [2.24, 2.45) is 0 Å². The molecule has 2 fully saturated rings. The van der Waals surface area contributed by atoms with Gasteiger partial charge in [0.05, 0.1) is 17.7 Å². The van der Waals surface area contributed by atoms with Crippen LogP contribution in [0.15, 0.2) is 18.2 Å². The van der Waals surface area contributed by atoms with E-state index in [4.69, 9.17) is 21.1 Å². The number of hydrogen-bond donors (Lipinski definition) is 1. The molecular weight excluding hydrogens is 306 g/mol. The summed E-state index contributed by atoms with van der Waals surface area (Å²) in [5.74, 6) is 3.17. The Kier molecular flexibility index (Phi) is 4.87. The number of ether oxygens (including phenoxy) is 2. The molecule has 0 aromatic heterocycles. The molecule has 2 aliphatic heterocycles. The first kappa shape index (κ1) is 15.3. The van der Waals surface area contributed by atoms with Crippen LogP contribution in [0, 0.1) is 0 Å². The Morgan fingerprint density at radius 2 is 2.19 bits per heavy atom. The zero-order valence-electron chi connectivity index (χ0n) is 12.4. The Hall–Kier alpha value is -0.580. The van der Waals surface area contributed by atoms with E-state index in [1.807, 2.05) is 30.0 Å². The van der Waals surface area contributed by atoms with Crippen molar-refractivity contribution in [3.8, 4) is 5.75 Å². The average Bonchev–Trinajstić information content (AvgIpc) is 2.50. The standard InChI is InChI=1S/C16H22ClNO2S/c1-19-15-10-12(2-3-14(15)17)18-13-4-7-20-16(11-13)5-8-21-9-6-16/h2-3,10,13,18H,4-9,11H2,1H3. The molecule has 1 aromatic carbocycles. The lowest BCUT2D eigenvalue weighted by Crippen LogP contribution is -2.46. The number of hydrogen-bond acceptors (Lipinski definition) is 4. The van der Waals surface area contributed by atoms with Crippen LogP contribution >= 0.6 is 23.4 Å². The number of thioether (sulfide) groups is 1. The largest absolute Gasteiger partial charge is 0.495 e. The number of rotatable bonds is 3. The Morgan fingerprint density at radius 3 is 2.95 bits per heavy atom. The van der Waals surface area contributed by atoms with Crippen molar-refractivity contribution in [2.75, 3.05) is 30.5 Å². The molecule has 1 aromatic rings. The third-order valence-electron chi connectivity index (χ3n) is 4.42. The van der Waals surface area contributed by atoms with Gasteiger partial charge in [0.25, 0.3) is 0 Å². The summed E-state index contributed by atoms with van der Waals surface area (Å²) in [6, 6.07) is 6.34. The molecule has 3 rings (SSSR count). The monoisotopic (exact) mass is 327 g/mol. The maximum absolute atomic E-state index is 6.14. The molecule has 1 atom stereocenters. The lowest BCUT2D eigenvalue weighted by molar-refractivity contribution is -0.0865. The molecule has 21 heavy (non-hydrogen) atoms. The number of methoxy groups -OCH3 is 1. The smallest absolute Gasteiger partial charge is 0.139 e. The minimum Gasteiger partial charge on any atom is -0.495 e. The van der Waals surface area contributed by atoms with Gasteiger partial charge in [0.1, 0.15) is 5.75 Å². The topological polar surface area (TPSA) is 30.5 Å². The van der Waals surface area contributed by atoms with E-state index < -0.39 is 0 Å². The van der Waals surface area contributed by atoms with Crippen LogP contribution in [-0.4, -0.2) is 36.9 Å². The van der Waals surface area contributed by atoms with Crippen LogP contribution in [0.1, 0.15) is 25.7 Å². The van der Waals surface area contributed by atoms with Gasteiger partial charge in [-0.25, -0.2) is 0 Å². The molecule has 5 heteroatoms. The van der Waals surface area contributed by atoms with Crippen molar-refractivity contribution in [3.63, 3.8) is 0 Å². The van der Waals surface area contributed by atoms with Crippen LogP contribution < -0.4 is 10.1 Å². The van der Waals surface area contributed by atoms with E-state index in [-0.39, 0.29) is 5.60 Å². The molecule has 2 aliphatic rings. The Bertz CT molecular complexity index is 486. The summed E-state index contributed by atoms with van der Waals surface area (Å²) in [4.78, 5) is 0. The third-order valence-corrected chi connectivity index (χ3v) is 5.72. The highest BCUT2D eigenvalue weighted by molar-refractivity contribution is 7.99. The van der Waals surface area contributed by atoms with Gasteiger partial charge in [-0.05, 0) is 49.3 Å². The van der Waals surface area contributed by atoms with E-state index in [9.17, 15) is 0 Å². The summed E-state index contributed by atoms with van der Waals surface area (Å²) < 4.78 is 11.4. The summed E-state index contributed by atoms with van der Waals surface area (Å²) in [6.45, 7) is 0.854. The molecule has 0 amide bonds. The highest BCUT2D eigenvalue weighted by atomic mass is 35.5. The molecule has 116 valence electrons. The molecule has 1 N–H and O–H groups in total. The van der Waals surface area contributed by atoms with E-state index >= 15 is 0 Å². The quantitative estimate of drug-likeness (QED) is 0.901. The van der Waals surface area contributed by atoms with Crippen LogP contribution in [0.3, 0.4) is 0 Å². The predicted molar refractivity (Wildman–Crippen MR) is 89.9 cm³/mol. The van der Waals surface area contributed by atoms with Gasteiger partial charge in [-0.1, -0.05) is 11.6 Å². The molecule has 0 bridgehead atoms. The summed E-state index contributed by atoms with van der Waals surface area (Å²) in [5, 5.41) is 4.28. The average molecular weight is 328 g/mol. The first-order valence-corrected chi connectivity index (χ1v) is 9.06. The number of benzene rings is 1. The maximum atomic E-state index is 6.14. The maximum Gasteiger partial charge on any atom is 0.139 e. The van der Waals surface area contributed by atoms with Crippen LogP contribution in [-0.2, 0) is 4.74 Å². The van der Waals surface area contributed by atoms with Crippen molar-refractivity contribution < 1.29 is 9.47 Å². The van der Waals surface area contributed by atoms with E-state index in [1.54, 1.807) is 7.11 Å². The lowest BCUT2D eigenvalue weighted by Gasteiger charge is -2.43. The molecule has 0 saturated carbocycles. The summed E-state index contributed by atoms with van der Waals surface area (Å²) >= 11 is 8.12. The number of anilines is 1. The molecule has 1 unspecified atom stereocenters. The van der Waals surface area contributed by atoms with Crippen molar-refractivity contribution >= 4 is 29.1 Å². The van der Waals surface area contributed by atoms with Crippen LogP contribution in [0.25, 0.3) is 0 Å². The van der Waals surface area contributed by atoms with Gasteiger partial charge in [0, 0.05) is 24.4 Å². The van der Waals surface area contributed by atoms with Crippen molar-refractivity contribution in [1.82, 2.24) is 0 Å². The van der Waals surface area contributed by atoms with Gasteiger partial charge in [-0.3, -0.25) is 0 Å². The Morgan fingerprint density at radius 1 is 1.38 bits per heavy atom. The summed E-state index contributed by atoms with van der Waals surface area (Å²) in [7, 11) is 1.65. The molecular formula is C16H22ClNO2S. The number of nitrogens with one attached hydrogen (secondary N) is 1. The van der Waals surface area contributed by atoms with Crippen LogP contribution in [0.2, 0.25) is 5.02 Å². The fourth-order valence-corrected chi connectivity index (χ4v) is 4.66. The molecule has 0 radical (unpaired) electrons. The summed E-state index contributed by atoms with van der Waals surface area (Å²) in [6.07, 6.45) is 4.51. The zero-order chi connectivity index (χ0) is 14.7. The Labute approximate surface area is 135 Å². The van der Waals surface area contributed by atoms with Crippen molar-refractivity contribution in [3.05, 3.63) is 23.2 Å². The lowest BCUT2D eigenvalue weighted by atomic mass is 9.85. The first-order valence-electron chi connectivity index (χ1n) is 7.53. The van der Waals surface area contributed by atoms with Gasteiger partial charge in [-0.15, -0.1) is 0 Å². The van der Waals surface area contributed by atoms with Gasteiger partial charge >= 0.3 is 0 Å². The van der Waals surface area contributed by atoms with Gasteiger partial charge in [0.15, 0.2) is 0 Å². The van der Waals surface area contributed by atoms with Crippen LogP contribution in [0.5, 0.6) is 5.75 Å². The number of halogens is 1. The minimum absolute atomic E-state index is 0.109. The highest BCUT2D eigenvalue weighted by Gasteiger charge is 2.38. The molecule has 2 heterocycles. The predicted octanol–water partition coefficient (Wildman–Crippen LogP) is 4.21. The SMILES string of the molecule is COc1cc(NC2CCOC3(CCSCC3)C2)ccc1Cl. The fourth-order valence-electron chi connectivity index (χ4n) is 3.23. The van der Waals surface area contributed by atoms with Gasteiger partial charge in [0.2, 0.25) is 0 Å². The van der Waals surface area contributed by atoms with Gasteiger partial charge in [-0.2, -0.15) is 11.8 Å². The summed E-state index contributed by atoms with van der Waals surface area (Å²) in [5.41, 5.74) is 1.18. The van der Waals surface area contributed by atoms with E-state index in [1.165, 1.54) is 24.3 Å². The van der Waals surface area contributed by atoms with Crippen LogP contribution in [0.4, 0.5) is 5.69 Å². The van der Waals surface area contributed by atoms with E-state index in [2.05, 4.69) is 5.32 Å². The second-order valence-corrected chi connectivity index (χ2v) is 7.46. The molecule has 3 nitrogen and oxygen atoms in total. The first-order chi connectivity index (χ1) is 10.2. The third kappa shape index (κ3) is 3.61. The molecule has 1 spiro atoms. The van der Waals surface area contributed by atoms with Crippen molar-refractivity contribution in [2.45, 2.75) is 37.3 Å². The second-order valence-electron chi connectivity index (χ2n) is 5.83. The van der Waals surface area contributed by atoms with Gasteiger partial charge < -0.3 is 14.8 Å². The Balaban J connectivity index is 1.67. The normalized spacial score (nSPS) is 24.8. The van der Waals surface area contributed by atoms with E-state index in [0.717, 1.165) is 30.9 Å². The minimum atomic E-state index is 0.109. The molecule has 0 aliphatic carbocycles. The highest BCUT2D eigenvalue weighted by Crippen LogP contribution is 2.38. The molecule has 2 saturated heterocycles. The second kappa shape index (κ2) is 6.67. The van der Waals surface area contributed by atoms with Crippen molar-refractivity contribution in [1.29, 1.82) is 0 Å². The van der Waals surface area contributed by atoms with E-state index in [0.29, 0.717) is 11.1 Å². The fraction of sp³-hybridized carbons (Fsp3) is 0.625.